The lowest BCUT2D eigenvalue weighted by atomic mass is 10.1. The highest BCUT2D eigenvalue weighted by Crippen LogP contribution is 2.40. The first-order valence-corrected chi connectivity index (χ1v) is 8.38. The molecule has 0 radical (unpaired) electrons. The molecule has 7 heteroatoms. The molecule has 0 saturated heterocycles. The topological polar surface area (TPSA) is 85.9 Å². The van der Waals surface area contributed by atoms with Gasteiger partial charge in [-0.15, -0.1) is 0 Å². The van der Waals surface area contributed by atoms with Gasteiger partial charge in [-0.2, -0.15) is 0 Å². The van der Waals surface area contributed by atoms with Gasteiger partial charge >= 0.3 is 0 Å². The van der Waals surface area contributed by atoms with E-state index in [1.165, 1.54) is 28.3 Å². The molecule has 2 aromatic carbocycles. The van der Waals surface area contributed by atoms with Gasteiger partial charge in [-0.25, -0.2) is 0 Å². The Morgan fingerprint density at radius 2 is 1.44 bits per heavy atom. The van der Waals surface area contributed by atoms with Gasteiger partial charge in [-0.3, -0.25) is 9.59 Å². The van der Waals surface area contributed by atoms with Crippen molar-refractivity contribution in [2.75, 3.05) is 32.0 Å². The molecule has 144 valence electrons. The molecule has 0 bridgehead atoms. The lowest BCUT2D eigenvalue weighted by molar-refractivity contribution is -0.116. The van der Waals surface area contributed by atoms with Crippen molar-refractivity contribution in [1.82, 2.24) is 0 Å². The smallest absolute Gasteiger partial charge is 0.246 e. The van der Waals surface area contributed by atoms with Gasteiger partial charge in [0, 0.05) is 29.1 Å². The summed E-state index contributed by atoms with van der Waals surface area (Å²) in [6.45, 7) is 3.24. The van der Waals surface area contributed by atoms with E-state index in [-0.39, 0.29) is 11.7 Å². The fraction of sp³-hybridized carbons (Fsp3) is 0.300. The molecule has 0 aliphatic heterocycles. The number of ketones is 1. The number of ether oxygens (including phenoxy) is 3. The van der Waals surface area contributed by atoms with E-state index in [1.807, 2.05) is 0 Å². The number of carbonyl (C=O) groups is 2. The summed E-state index contributed by atoms with van der Waals surface area (Å²) in [5, 5.41) is 5.92. The van der Waals surface area contributed by atoms with Crippen LogP contribution in [0.1, 0.15) is 24.2 Å². The van der Waals surface area contributed by atoms with Crippen molar-refractivity contribution < 1.29 is 23.8 Å². The molecule has 0 saturated carbocycles. The number of amides is 1. The van der Waals surface area contributed by atoms with E-state index < -0.39 is 6.04 Å². The first-order valence-electron chi connectivity index (χ1n) is 8.38. The van der Waals surface area contributed by atoms with Crippen LogP contribution in [0.25, 0.3) is 0 Å². The second-order valence-corrected chi connectivity index (χ2v) is 5.90. The van der Waals surface area contributed by atoms with Crippen LogP contribution in [0.4, 0.5) is 11.4 Å². The summed E-state index contributed by atoms with van der Waals surface area (Å²) < 4.78 is 15.9. The normalized spacial score (nSPS) is 11.3. The van der Waals surface area contributed by atoms with Crippen LogP contribution in [0, 0.1) is 0 Å². The van der Waals surface area contributed by atoms with Crippen molar-refractivity contribution in [3.63, 3.8) is 0 Å². The first-order chi connectivity index (χ1) is 12.9. The van der Waals surface area contributed by atoms with Gasteiger partial charge in [0.25, 0.3) is 0 Å². The number of nitrogens with one attached hydrogen (secondary N) is 2. The SMILES string of the molecule is COc1cc(N[C@H](C)C(=O)Nc2ccc(C(C)=O)cc2)cc(OC)c1OC. The lowest BCUT2D eigenvalue weighted by Crippen LogP contribution is -2.31. The van der Waals surface area contributed by atoms with Crippen LogP contribution in [0.2, 0.25) is 0 Å². The predicted molar refractivity (Wildman–Crippen MR) is 104 cm³/mol. The molecule has 0 fully saturated rings. The summed E-state index contributed by atoms with van der Waals surface area (Å²) >= 11 is 0. The predicted octanol–water partition coefficient (Wildman–Crippen LogP) is 3.35. The Labute approximate surface area is 158 Å². The molecule has 7 nitrogen and oxygen atoms in total. The van der Waals surface area contributed by atoms with Crippen LogP contribution in [-0.2, 0) is 4.79 Å². The van der Waals surface area contributed by atoms with Crippen LogP contribution in [-0.4, -0.2) is 39.1 Å². The average Bonchev–Trinajstić information content (AvgIpc) is 2.67. The molecule has 0 unspecified atom stereocenters. The monoisotopic (exact) mass is 372 g/mol. The summed E-state index contributed by atoms with van der Waals surface area (Å²) in [5.41, 5.74) is 1.86. The minimum atomic E-state index is -0.528. The van der Waals surface area contributed by atoms with Crippen molar-refractivity contribution in [3.05, 3.63) is 42.0 Å². The zero-order chi connectivity index (χ0) is 20.0. The zero-order valence-corrected chi connectivity index (χ0v) is 16.1. The molecule has 2 rings (SSSR count). The van der Waals surface area contributed by atoms with Crippen molar-refractivity contribution in [2.45, 2.75) is 19.9 Å². The second-order valence-electron chi connectivity index (χ2n) is 5.90. The van der Waals surface area contributed by atoms with Gasteiger partial charge in [-0.1, -0.05) is 0 Å². The van der Waals surface area contributed by atoms with Crippen molar-refractivity contribution in [2.24, 2.45) is 0 Å². The van der Waals surface area contributed by atoms with Crippen LogP contribution in [0.3, 0.4) is 0 Å². The summed E-state index contributed by atoms with van der Waals surface area (Å²) in [7, 11) is 4.59. The number of Topliss-reactive ketones (excluding diaryl/α,β-unsaturated/α-hetero) is 1. The number of hydrogen-bond acceptors (Lipinski definition) is 6. The Bertz CT molecular complexity index is 793. The molecule has 0 aliphatic rings. The van der Waals surface area contributed by atoms with Gasteiger partial charge < -0.3 is 24.8 Å². The zero-order valence-electron chi connectivity index (χ0n) is 16.1. The Morgan fingerprint density at radius 1 is 0.889 bits per heavy atom. The van der Waals surface area contributed by atoms with E-state index in [0.717, 1.165) is 0 Å². The van der Waals surface area contributed by atoms with Crippen LogP contribution in [0.5, 0.6) is 17.2 Å². The van der Waals surface area contributed by atoms with E-state index in [4.69, 9.17) is 14.2 Å². The highest BCUT2D eigenvalue weighted by Gasteiger charge is 2.17. The number of methoxy groups -OCH3 is 3. The third-order valence-corrected chi connectivity index (χ3v) is 4.00. The number of anilines is 2. The van der Waals surface area contributed by atoms with Crippen molar-refractivity contribution >= 4 is 23.1 Å². The summed E-state index contributed by atoms with van der Waals surface area (Å²) in [5.74, 6) is 1.22. The van der Waals surface area contributed by atoms with E-state index in [9.17, 15) is 9.59 Å². The number of rotatable bonds is 8. The second kappa shape index (κ2) is 8.93. The molecule has 0 heterocycles. The summed E-state index contributed by atoms with van der Waals surface area (Å²) in [6, 6.07) is 9.67. The van der Waals surface area contributed by atoms with E-state index >= 15 is 0 Å². The van der Waals surface area contributed by atoms with Crippen LogP contribution >= 0.6 is 0 Å². The fourth-order valence-electron chi connectivity index (χ4n) is 2.52. The molecule has 1 amide bonds. The molecule has 2 aromatic rings. The summed E-state index contributed by atoms with van der Waals surface area (Å²) in [6.07, 6.45) is 0. The molecule has 0 aromatic heterocycles. The first kappa shape index (κ1) is 20.1. The molecule has 1 atom stereocenters. The van der Waals surface area contributed by atoms with Gasteiger partial charge in [0.15, 0.2) is 17.3 Å². The maximum Gasteiger partial charge on any atom is 0.246 e. The largest absolute Gasteiger partial charge is 0.493 e. The van der Waals surface area contributed by atoms with Gasteiger partial charge in [0.1, 0.15) is 6.04 Å². The minimum Gasteiger partial charge on any atom is -0.493 e. The molecule has 27 heavy (non-hydrogen) atoms. The maximum absolute atomic E-state index is 12.4. The number of hydrogen-bond donors (Lipinski definition) is 2. The quantitative estimate of drug-likeness (QED) is 0.691. The lowest BCUT2D eigenvalue weighted by Gasteiger charge is -2.18. The molecule has 0 aliphatic carbocycles. The van der Waals surface area contributed by atoms with E-state index in [0.29, 0.717) is 34.2 Å². The molecule has 0 spiro atoms. The van der Waals surface area contributed by atoms with Gasteiger partial charge in [0.05, 0.1) is 21.3 Å². The fourth-order valence-corrected chi connectivity index (χ4v) is 2.52. The highest BCUT2D eigenvalue weighted by molar-refractivity contribution is 5.98. The van der Waals surface area contributed by atoms with Crippen molar-refractivity contribution in [3.8, 4) is 17.2 Å². The number of carbonyl (C=O) groups excluding carboxylic acids is 2. The minimum absolute atomic E-state index is 0.0229. The van der Waals surface area contributed by atoms with Crippen LogP contribution in [0.15, 0.2) is 36.4 Å². The van der Waals surface area contributed by atoms with Crippen molar-refractivity contribution in [1.29, 1.82) is 0 Å². The third-order valence-electron chi connectivity index (χ3n) is 4.00. The average molecular weight is 372 g/mol. The third kappa shape index (κ3) is 4.91. The number of benzene rings is 2. The highest BCUT2D eigenvalue weighted by atomic mass is 16.5. The summed E-state index contributed by atoms with van der Waals surface area (Å²) in [4.78, 5) is 23.8. The van der Waals surface area contributed by atoms with E-state index in [1.54, 1.807) is 43.3 Å². The molecular formula is C20H24N2O5. The maximum atomic E-state index is 12.4. The van der Waals surface area contributed by atoms with E-state index in [2.05, 4.69) is 10.6 Å². The molecular weight excluding hydrogens is 348 g/mol. The Morgan fingerprint density at radius 3 is 1.89 bits per heavy atom. The Hall–Kier alpha value is -3.22. The van der Waals surface area contributed by atoms with Crippen LogP contribution < -0.4 is 24.8 Å². The van der Waals surface area contributed by atoms with Gasteiger partial charge in [-0.05, 0) is 38.1 Å². The Balaban J connectivity index is 2.10. The molecule has 2 N–H and O–H groups in total. The Kier molecular flexibility index (Phi) is 6.65. The standard InChI is InChI=1S/C20H24N2O5/c1-12(20(24)22-15-8-6-14(7-9-15)13(2)23)21-16-10-17(25-3)19(27-5)18(11-16)26-4/h6-12,21H,1-5H3,(H,22,24)/t12-/m1/s1. The van der Waals surface area contributed by atoms with Gasteiger partial charge in [0.2, 0.25) is 11.7 Å².